The van der Waals surface area contributed by atoms with E-state index in [2.05, 4.69) is 25.3 Å². The maximum atomic E-state index is 10.3. The highest BCUT2D eigenvalue weighted by Crippen LogP contribution is 2.24. The number of benzene rings is 1. The molecule has 1 aromatic rings. The van der Waals surface area contributed by atoms with Crippen LogP contribution in [0.3, 0.4) is 0 Å². The van der Waals surface area contributed by atoms with Crippen molar-refractivity contribution in [2.24, 2.45) is 5.92 Å². The van der Waals surface area contributed by atoms with Crippen LogP contribution in [0.15, 0.2) is 30.9 Å². The van der Waals surface area contributed by atoms with Crippen molar-refractivity contribution in [2.45, 2.75) is 45.8 Å². The molecule has 1 N–H and O–H groups in total. The fourth-order valence-electron chi connectivity index (χ4n) is 2.59. The number of hydrogen-bond acceptors (Lipinski definition) is 4. The van der Waals surface area contributed by atoms with Gasteiger partial charge in [0.25, 0.3) is 0 Å². The fraction of sp³-hybridized carbons (Fsp3) is 0.600. The van der Waals surface area contributed by atoms with Gasteiger partial charge in [-0.2, -0.15) is 0 Å². The van der Waals surface area contributed by atoms with Gasteiger partial charge in [-0.05, 0) is 49.4 Å². The lowest BCUT2D eigenvalue weighted by Crippen LogP contribution is -2.33. The van der Waals surface area contributed by atoms with Gasteiger partial charge in [-0.15, -0.1) is 6.58 Å². The Morgan fingerprint density at radius 1 is 1.12 bits per heavy atom. The van der Waals surface area contributed by atoms with Crippen LogP contribution in [-0.2, 0) is 6.54 Å². The highest BCUT2D eigenvalue weighted by atomic mass is 16.5. The number of hydrogen-bond donors (Lipinski definition) is 1. The van der Waals surface area contributed by atoms with Crippen molar-refractivity contribution in [3.05, 3.63) is 36.4 Å². The predicted molar refractivity (Wildman–Crippen MR) is 99.7 cm³/mol. The van der Waals surface area contributed by atoms with Crippen molar-refractivity contribution in [1.29, 1.82) is 0 Å². The zero-order valence-electron chi connectivity index (χ0n) is 15.6. The number of aliphatic hydroxyl groups is 1. The summed E-state index contributed by atoms with van der Waals surface area (Å²) in [5.74, 6) is 2.22. The minimum absolute atomic E-state index is 0.331. The van der Waals surface area contributed by atoms with Crippen molar-refractivity contribution in [3.63, 3.8) is 0 Å². The van der Waals surface area contributed by atoms with Gasteiger partial charge in [0, 0.05) is 19.2 Å². The summed E-state index contributed by atoms with van der Waals surface area (Å²) in [4.78, 5) is 2.31. The maximum absolute atomic E-state index is 10.3. The molecule has 1 aromatic carbocycles. The third-order valence-electron chi connectivity index (χ3n) is 4.01. The summed E-state index contributed by atoms with van der Waals surface area (Å²) in [6.07, 6.45) is 4.22. The molecule has 4 nitrogen and oxygen atoms in total. The number of allylic oxidation sites excluding steroid dienone is 1. The van der Waals surface area contributed by atoms with Crippen LogP contribution < -0.4 is 9.47 Å². The second-order valence-corrected chi connectivity index (χ2v) is 6.66. The fourth-order valence-corrected chi connectivity index (χ4v) is 2.59. The van der Waals surface area contributed by atoms with Crippen molar-refractivity contribution in [3.8, 4) is 11.5 Å². The van der Waals surface area contributed by atoms with Crippen LogP contribution in [0, 0.1) is 5.92 Å². The molecule has 1 rings (SSSR count). The predicted octanol–water partition coefficient (Wildman–Crippen LogP) is 3.88. The van der Waals surface area contributed by atoms with E-state index in [9.17, 15) is 5.11 Å². The van der Waals surface area contributed by atoms with E-state index in [1.54, 1.807) is 14.2 Å². The van der Waals surface area contributed by atoms with Gasteiger partial charge in [0.15, 0.2) is 0 Å². The summed E-state index contributed by atoms with van der Waals surface area (Å²) in [6.45, 7) is 10.6. The first-order valence-electron chi connectivity index (χ1n) is 8.71. The van der Waals surface area contributed by atoms with Crippen LogP contribution in [-0.4, -0.2) is 43.4 Å². The first-order chi connectivity index (χ1) is 11.5. The maximum Gasteiger partial charge on any atom is 0.122 e. The third kappa shape index (κ3) is 7.84. The van der Waals surface area contributed by atoms with Crippen molar-refractivity contribution >= 4 is 0 Å². The SMILES string of the molecule is C=CCCC(O)CN(CCC(C)C)Cc1cc(OC)cc(OC)c1. The summed E-state index contributed by atoms with van der Waals surface area (Å²) < 4.78 is 10.7. The Kier molecular flexibility index (Phi) is 9.50. The number of rotatable bonds is 12. The molecule has 1 unspecified atom stereocenters. The summed E-state index contributed by atoms with van der Waals surface area (Å²) in [5, 5.41) is 10.3. The molecule has 0 aliphatic carbocycles. The Morgan fingerprint density at radius 3 is 2.25 bits per heavy atom. The molecule has 24 heavy (non-hydrogen) atoms. The molecule has 0 bridgehead atoms. The Hall–Kier alpha value is -1.52. The van der Waals surface area contributed by atoms with E-state index in [0.29, 0.717) is 12.5 Å². The third-order valence-corrected chi connectivity index (χ3v) is 4.01. The van der Waals surface area contributed by atoms with Gasteiger partial charge in [-0.3, -0.25) is 4.90 Å². The molecule has 0 amide bonds. The van der Waals surface area contributed by atoms with Gasteiger partial charge in [-0.1, -0.05) is 19.9 Å². The van der Waals surface area contributed by atoms with Gasteiger partial charge in [0.1, 0.15) is 11.5 Å². The zero-order valence-corrected chi connectivity index (χ0v) is 15.6. The molecule has 0 saturated carbocycles. The molecule has 0 spiro atoms. The van der Waals surface area contributed by atoms with Gasteiger partial charge >= 0.3 is 0 Å². The highest BCUT2D eigenvalue weighted by molar-refractivity contribution is 5.38. The summed E-state index contributed by atoms with van der Waals surface area (Å²) in [7, 11) is 3.32. The topological polar surface area (TPSA) is 41.9 Å². The van der Waals surface area contributed by atoms with E-state index in [1.807, 2.05) is 24.3 Å². The van der Waals surface area contributed by atoms with E-state index in [1.165, 1.54) is 0 Å². The lowest BCUT2D eigenvalue weighted by molar-refractivity contribution is 0.0994. The minimum atomic E-state index is -0.331. The normalized spacial score (nSPS) is 12.5. The molecular weight excluding hydrogens is 302 g/mol. The van der Waals surface area contributed by atoms with E-state index in [0.717, 1.165) is 49.4 Å². The standard InChI is InChI=1S/C20H33NO3/c1-6-7-8-18(22)15-21(10-9-16(2)3)14-17-11-19(23-4)13-20(12-17)24-5/h6,11-13,16,18,22H,1,7-10,14-15H2,2-5H3. The molecule has 4 heteroatoms. The molecule has 0 radical (unpaired) electrons. The van der Waals surface area contributed by atoms with E-state index < -0.39 is 0 Å². The molecule has 0 heterocycles. The number of aliphatic hydroxyl groups excluding tert-OH is 1. The van der Waals surface area contributed by atoms with Gasteiger partial charge in [0.2, 0.25) is 0 Å². The zero-order chi connectivity index (χ0) is 17.9. The summed E-state index contributed by atoms with van der Waals surface area (Å²) in [6, 6.07) is 5.93. The molecule has 1 atom stereocenters. The van der Waals surface area contributed by atoms with Crippen LogP contribution in [0.2, 0.25) is 0 Å². The monoisotopic (exact) mass is 335 g/mol. The Labute approximate surface area is 147 Å². The van der Waals surface area contributed by atoms with Crippen molar-refractivity contribution < 1.29 is 14.6 Å². The van der Waals surface area contributed by atoms with E-state index >= 15 is 0 Å². The lowest BCUT2D eigenvalue weighted by atomic mass is 10.1. The van der Waals surface area contributed by atoms with Crippen molar-refractivity contribution in [1.82, 2.24) is 4.90 Å². The first-order valence-corrected chi connectivity index (χ1v) is 8.71. The van der Waals surface area contributed by atoms with Crippen molar-refractivity contribution in [2.75, 3.05) is 27.3 Å². The second-order valence-electron chi connectivity index (χ2n) is 6.66. The first kappa shape index (κ1) is 20.5. The number of methoxy groups -OCH3 is 2. The van der Waals surface area contributed by atoms with E-state index in [-0.39, 0.29) is 6.10 Å². The quantitative estimate of drug-likeness (QED) is 0.589. The second kappa shape index (κ2) is 11.1. The summed E-state index contributed by atoms with van der Waals surface area (Å²) >= 11 is 0. The van der Waals surface area contributed by atoms with Crippen LogP contribution in [0.4, 0.5) is 0 Å². The Balaban J connectivity index is 2.80. The van der Waals surface area contributed by atoms with Crippen LogP contribution in [0.1, 0.15) is 38.7 Å². The molecule has 0 aliphatic rings. The Bertz CT molecular complexity index is 466. The molecule has 0 fully saturated rings. The van der Waals surface area contributed by atoms with Gasteiger partial charge in [-0.25, -0.2) is 0 Å². The minimum Gasteiger partial charge on any atom is -0.497 e. The molecule has 0 aliphatic heterocycles. The van der Waals surface area contributed by atoms with Gasteiger partial charge in [0.05, 0.1) is 20.3 Å². The smallest absolute Gasteiger partial charge is 0.122 e. The van der Waals surface area contributed by atoms with Crippen LogP contribution in [0.5, 0.6) is 11.5 Å². The number of ether oxygens (including phenoxy) is 2. The van der Waals surface area contributed by atoms with Crippen LogP contribution >= 0.6 is 0 Å². The molecule has 0 saturated heterocycles. The Morgan fingerprint density at radius 2 is 1.75 bits per heavy atom. The average Bonchev–Trinajstić information content (AvgIpc) is 2.57. The largest absolute Gasteiger partial charge is 0.497 e. The molecule has 0 aromatic heterocycles. The average molecular weight is 335 g/mol. The lowest BCUT2D eigenvalue weighted by Gasteiger charge is -2.26. The number of nitrogens with zero attached hydrogens (tertiary/aromatic N) is 1. The highest BCUT2D eigenvalue weighted by Gasteiger charge is 2.14. The van der Waals surface area contributed by atoms with E-state index in [4.69, 9.17) is 9.47 Å². The summed E-state index contributed by atoms with van der Waals surface area (Å²) in [5.41, 5.74) is 1.13. The molecule has 136 valence electrons. The molecular formula is C20H33NO3. The van der Waals surface area contributed by atoms with Gasteiger partial charge < -0.3 is 14.6 Å². The van der Waals surface area contributed by atoms with Crippen LogP contribution in [0.25, 0.3) is 0 Å².